The number of aliphatic hydroxyl groups excluding tert-OH is 2. The second kappa shape index (κ2) is 7.52. The van der Waals surface area contributed by atoms with Gasteiger partial charge in [-0.1, -0.05) is 5.16 Å². The van der Waals surface area contributed by atoms with Crippen molar-refractivity contribution in [3.63, 3.8) is 0 Å². The van der Waals surface area contributed by atoms with Gasteiger partial charge in [0.1, 0.15) is 18.5 Å². The van der Waals surface area contributed by atoms with Crippen molar-refractivity contribution in [2.24, 2.45) is 0 Å². The van der Waals surface area contributed by atoms with Gasteiger partial charge in [-0.2, -0.15) is 16.7 Å². The zero-order chi connectivity index (χ0) is 20.0. The number of nitrogens with one attached hydrogen (secondary N) is 1. The van der Waals surface area contributed by atoms with Crippen LogP contribution in [0.15, 0.2) is 17.2 Å². The van der Waals surface area contributed by atoms with E-state index >= 15 is 0 Å². The van der Waals surface area contributed by atoms with Gasteiger partial charge in [0.05, 0.1) is 6.33 Å². The molecule has 3 N–H and O–H groups in total. The van der Waals surface area contributed by atoms with Crippen molar-refractivity contribution in [3.05, 3.63) is 24.4 Å². The molecule has 3 aromatic heterocycles. The van der Waals surface area contributed by atoms with E-state index in [-0.39, 0.29) is 5.89 Å². The predicted molar refractivity (Wildman–Crippen MR) is 103 cm³/mol. The fourth-order valence-electron chi connectivity index (χ4n) is 3.70. The van der Waals surface area contributed by atoms with Crippen LogP contribution >= 0.6 is 11.8 Å². The van der Waals surface area contributed by atoms with Gasteiger partial charge in [-0.15, -0.1) is 0 Å². The lowest BCUT2D eigenvalue weighted by molar-refractivity contribution is -0.0451. The molecule has 154 valence electrons. The van der Waals surface area contributed by atoms with E-state index in [1.54, 1.807) is 11.5 Å². The monoisotopic (exact) mass is 419 g/mol. The molecule has 5 heterocycles. The molecule has 0 bridgehead atoms. The summed E-state index contributed by atoms with van der Waals surface area (Å²) in [6.45, 7) is 1.67. The third-order valence-electron chi connectivity index (χ3n) is 5.22. The molecule has 0 radical (unpaired) electrons. The highest BCUT2D eigenvalue weighted by molar-refractivity contribution is 7.99. The molecule has 4 atom stereocenters. The summed E-state index contributed by atoms with van der Waals surface area (Å²) in [4.78, 5) is 17.2. The van der Waals surface area contributed by atoms with Crippen molar-refractivity contribution in [1.82, 2.24) is 29.7 Å². The topological polar surface area (TPSA) is 144 Å². The number of nitrogens with zero attached hydrogens (tertiary/aromatic N) is 6. The summed E-state index contributed by atoms with van der Waals surface area (Å²) in [5.74, 6) is 3.44. The first-order valence-electron chi connectivity index (χ1n) is 9.45. The lowest BCUT2D eigenvalue weighted by Gasteiger charge is -2.23. The summed E-state index contributed by atoms with van der Waals surface area (Å²) in [6, 6.07) is 0.347. The van der Waals surface area contributed by atoms with Crippen LogP contribution in [0.4, 0.5) is 5.82 Å². The van der Waals surface area contributed by atoms with Crippen molar-refractivity contribution in [1.29, 1.82) is 0 Å². The Morgan fingerprint density at radius 3 is 2.76 bits per heavy atom. The molecule has 2 aliphatic rings. The Morgan fingerprint density at radius 2 is 2.00 bits per heavy atom. The van der Waals surface area contributed by atoms with Crippen molar-refractivity contribution >= 4 is 28.7 Å². The van der Waals surface area contributed by atoms with Crippen molar-refractivity contribution in [2.75, 3.05) is 16.8 Å². The third-order valence-corrected chi connectivity index (χ3v) is 6.27. The van der Waals surface area contributed by atoms with E-state index in [4.69, 9.17) is 9.26 Å². The van der Waals surface area contributed by atoms with Crippen LogP contribution in [0.5, 0.6) is 0 Å². The minimum atomic E-state index is -1.23. The van der Waals surface area contributed by atoms with Gasteiger partial charge in [0.2, 0.25) is 0 Å². The smallest absolute Gasteiger partial charge is 0.258 e. The number of fused-ring (bicyclic) bond motifs is 1. The number of hydrogen-bond donors (Lipinski definition) is 3. The molecule has 2 fully saturated rings. The highest BCUT2D eigenvalue weighted by atomic mass is 32.2. The number of rotatable bonds is 4. The van der Waals surface area contributed by atoms with E-state index in [0.717, 1.165) is 24.3 Å². The zero-order valence-corrected chi connectivity index (χ0v) is 16.5. The number of ether oxygens (including phenoxy) is 1. The van der Waals surface area contributed by atoms with Crippen LogP contribution < -0.4 is 5.32 Å². The standard InChI is InChI=1S/C17H21N7O4S/c1-8-21-16(28-23-8)13-11(25)12(26)17(27-13)24-7-20-10-14(18-6-19-15(10)24)22-9-2-4-29-5-3-9/h6-7,9,11-13,17,25-26H,2-5H2,1H3,(H,18,19,22)/t11-,12+,13-,17+/m0/s1. The molecule has 2 saturated heterocycles. The highest BCUT2D eigenvalue weighted by Gasteiger charge is 2.47. The van der Waals surface area contributed by atoms with Crippen molar-refractivity contribution in [3.8, 4) is 0 Å². The van der Waals surface area contributed by atoms with Crippen LogP contribution in [0.3, 0.4) is 0 Å². The summed E-state index contributed by atoms with van der Waals surface area (Å²) >= 11 is 1.96. The lowest BCUT2D eigenvalue weighted by Crippen LogP contribution is -2.29. The molecule has 29 heavy (non-hydrogen) atoms. The number of aliphatic hydroxyl groups is 2. The van der Waals surface area contributed by atoms with Crippen molar-refractivity contribution in [2.45, 2.75) is 50.3 Å². The molecular formula is C17H21N7O4S. The summed E-state index contributed by atoms with van der Waals surface area (Å²) in [5, 5.41) is 28.2. The van der Waals surface area contributed by atoms with Crippen LogP contribution in [0.2, 0.25) is 0 Å². The zero-order valence-electron chi connectivity index (χ0n) is 15.7. The molecule has 2 aliphatic heterocycles. The number of thioether (sulfide) groups is 1. The molecule has 5 rings (SSSR count). The first-order chi connectivity index (χ1) is 14.1. The predicted octanol–water partition coefficient (Wildman–Crippen LogP) is 0.817. The summed E-state index contributed by atoms with van der Waals surface area (Å²) < 4.78 is 12.6. The number of anilines is 1. The fraction of sp³-hybridized carbons (Fsp3) is 0.588. The molecule has 0 unspecified atom stereocenters. The molecule has 0 aliphatic carbocycles. The molecule has 0 spiro atoms. The number of hydrogen-bond acceptors (Lipinski definition) is 11. The SMILES string of the molecule is Cc1noc([C@H]2O[C@@H](n3cnc4c(NC5CCSCC5)ncnc43)[C@H](O)[C@@H]2O)n1. The average molecular weight is 419 g/mol. The van der Waals surface area contributed by atoms with Crippen molar-refractivity contribution < 1.29 is 19.5 Å². The van der Waals surface area contributed by atoms with E-state index in [1.165, 1.54) is 12.7 Å². The quantitative estimate of drug-likeness (QED) is 0.552. The van der Waals surface area contributed by atoms with Crippen LogP contribution in [0.1, 0.15) is 36.9 Å². The third kappa shape index (κ3) is 3.35. The lowest BCUT2D eigenvalue weighted by atomic mass is 10.1. The Bertz CT molecular complexity index is 1000. The Balaban J connectivity index is 1.43. The maximum atomic E-state index is 10.6. The highest BCUT2D eigenvalue weighted by Crippen LogP contribution is 2.39. The maximum absolute atomic E-state index is 10.6. The molecule has 0 amide bonds. The number of imidazole rings is 1. The largest absolute Gasteiger partial charge is 0.387 e. The molecule has 3 aromatic rings. The average Bonchev–Trinajstić information content (AvgIpc) is 3.42. The van der Waals surface area contributed by atoms with Gasteiger partial charge in [0.25, 0.3) is 5.89 Å². The maximum Gasteiger partial charge on any atom is 0.258 e. The second-order valence-electron chi connectivity index (χ2n) is 7.19. The normalized spacial score (nSPS) is 28.2. The van der Waals surface area contributed by atoms with Gasteiger partial charge < -0.3 is 24.8 Å². The van der Waals surface area contributed by atoms with Crippen LogP contribution in [-0.2, 0) is 4.74 Å². The molecule has 11 nitrogen and oxygen atoms in total. The molecule has 12 heteroatoms. The first-order valence-corrected chi connectivity index (χ1v) is 10.6. The van der Waals surface area contributed by atoms with E-state index in [2.05, 4.69) is 30.4 Å². The molecular weight excluding hydrogens is 398 g/mol. The van der Waals surface area contributed by atoms with E-state index in [9.17, 15) is 10.2 Å². The summed E-state index contributed by atoms with van der Waals surface area (Å²) in [5.41, 5.74) is 1.10. The first kappa shape index (κ1) is 18.7. The summed E-state index contributed by atoms with van der Waals surface area (Å²) in [6.07, 6.45) is 0.842. The Kier molecular flexibility index (Phi) is 4.86. The van der Waals surface area contributed by atoms with Gasteiger partial charge in [0, 0.05) is 6.04 Å². The Morgan fingerprint density at radius 1 is 1.17 bits per heavy atom. The van der Waals surface area contributed by atoms with E-state index in [1.807, 2.05) is 11.8 Å². The Labute approximate surface area is 169 Å². The van der Waals surface area contributed by atoms with Gasteiger partial charge in [-0.25, -0.2) is 15.0 Å². The number of aromatic nitrogens is 6. The van der Waals surface area contributed by atoms with Gasteiger partial charge in [-0.05, 0) is 31.3 Å². The van der Waals surface area contributed by atoms with E-state index in [0.29, 0.717) is 28.8 Å². The second-order valence-corrected chi connectivity index (χ2v) is 8.41. The van der Waals surface area contributed by atoms with Crippen LogP contribution in [-0.4, -0.2) is 69.6 Å². The summed E-state index contributed by atoms with van der Waals surface area (Å²) in [7, 11) is 0. The fourth-order valence-corrected chi connectivity index (χ4v) is 4.81. The van der Waals surface area contributed by atoms with Crippen LogP contribution in [0, 0.1) is 6.92 Å². The minimum absolute atomic E-state index is 0.119. The van der Waals surface area contributed by atoms with Gasteiger partial charge in [0.15, 0.2) is 35.1 Å². The Hall–Kier alpha value is -2.28. The van der Waals surface area contributed by atoms with Crippen LogP contribution in [0.25, 0.3) is 11.2 Å². The minimum Gasteiger partial charge on any atom is -0.387 e. The molecule has 0 aromatic carbocycles. The van der Waals surface area contributed by atoms with Gasteiger partial charge >= 0.3 is 0 Å². The molecule has 0 saturated carbocycles. The van der Waals surface area contributed by atoms with Gasteiger partial charge in [-0.3, -0.25) is 4.57 Å². The van der Waals surface area contributed by atoms with E-state index < -0.39 is 24.5 Å². The number of aryl methyl sites for hydroxylation is 1.